The summed E-state index contributed by atoms with van der Waals surface area (Å²) in [6.07, 6.45) is 9.62. The Hall–Kier alpha value is 0.0139. The quantitative estimate of drug-likeness (QED) is 0.269. The van der Waals surface area contributed by atoms with Gasteiger partial charge in [0.05, 0.1) is 6.10 Å². The van der Waals surface area contributed by atoms with Crippen LogP contribution in [0.1, 0.15) is 80.4 Å². The zero-order valence-corrected chi connectivity index (χ0v) is 21.2. The number of thiophene rings is 1. The van der Waals surface area contributed by atoms with Crippen molar-refractivity contribution >= 4 is 28.5 Å². The Morgan fingerprint density at radius 3 is 2.64 bits per heavy atom. The average molecular weight is 491 g/mol. The van der Waals surface area contributed by atoms with E-state index in [0.29, 0.717) is 5.92 Å². The summed E-state index contributed by atoms with van der Waals surface area (Å²) in [6.45, 7) is 2.19. The van der Waals surface area contributed by atoms with Crippen molar-refractivity contribution in [3.8, 4) is 0 Å². The van der Waals surface area contributed by atoms with Crippen molar-refractivity contribution in [1.82, 2.24) is 0 Å². The minimum Gasteiger partial charge on any atom is -0.388 e. The van der Waals surface area contributed by atoms with Crippen molar-refractivity contribution in [2.75, 3.05) is 0 Å². The van der Waals surface area contributed by atoms with Gasteiger partial charge in [0.2, 0.25) is 0 Å². The molecule has 0 spiro atoms. The van der Waals surface area contributed by atoms with Gasteiger partial charge in [-0.3, -0.25) is 0 Å². The van der Waals surface area contributed by atoms with Crippen molar-refractivity contribution in [1.29, 1.82) is 0 Å². The van der Waals surface area contributed by atoms with Crippen LogP contribution in [0.3, 0.4) is 0 Å². The maximum Gasteiger partial charge on any atom is 0.0790 e. The van der Waals surface area contributed by atoms with Gasteiger partial charge in [-0.15, -0.1) is 10.3 Å². The van der Waals surface area contributed by atoms with Crippen molar-refractivity contribution in [2.24, 2.45) is 5.92 Å². The number of benzene rings is 1. The number of allylic oxidation sites excluding steroid dienone is 2. The monoisotopic (exact) mass is 490 g/mol. The van der Waals surface area contributed by atoms with Gasteiger partial charge in [0, 0.05) is 37.7 Å². The molecule has 1 aliphatic rings. The zero-order chi connectivity index (χ0) is 19.1. The molecule has 2 aromatic rings. The van der Waals surface area contributed by atoms with E-state index < -0.39 is 0 Å². The minimum atomic E-state index is -0.350. The number of aliphatic hydroxyl groups excluding tert-OH is 1. The van der Waals surface area contributed by atoms with Gasteiger partial charge in [0.1, 0.15) is 0 Å². The van der Waals surface area contributed by atoms with Crippen LogP contribution in [0.2, 0.25) is 0 Å². The Balaban J connectivity index is 0.00000280. The van der Waals surface area contributed by atoms with E-state index in [9.17, 15) is 5.11 Å². The van der Waals surface area contributed by atoms with Gasteiger partial charge in [-0.25, -0.2) is 6.07 Å². The second-order valence-corrected chi connectivity index (χ2v) is 9.02. The Bertz CT molecular complexity index is 724. The smallest absolute Gasteiger partial charge is 0.0790 e. The summed E-state index contributed by atoms with van der Waals surface area (Å²) in [5.74, 6) is 0.557. The van der Waals surface area contributed by atoms with Gasteiger partial charge in [0.15, 0.2) is 0 Å². The normalized spacial score (nSPS) is 17.6. The van der Waals surface area contributed by atoms with Crippen LogP contribution in [0.4, 0.5) is 0 Å². The molecule has 149 valence electrons. The molecule has 1 aromatic heterocycles. The van der Waals surface area contributed by atoms with E-state index in [-0.39, 0.29) is 38.8 Å². The van der Waals surface area contributed by atoms with Crippen LogP contribution in [0.15, 0.2) is 41.4 Å². The first-order valence-corrected chi connectivity index (χ1v) is 11.5. The minimum absolute atomic E-state index is 0. The summed E-state index contributed by atoms with van der Waals surface area (Å²) in [5.41, 5.74) is 3.59. The summed E-state index contributed by atoms with van der Waals surface area (Å²) in [4.78, 5) is 1.42. The third-order valence-corrected chi connectivity index (χ3v) is 6.85. The van der Waals surface area contributed by atoms with Crippen molar-refractivity contribution in [3.05, 3.63) is 62.8 Å². The number of hydrogen-bond donors (Lipinski definition) is 1. The summed E-state index contributed by atoms with van der Waals surface area (Å²) >= 11 is 8.33. The van der Waals surface area contributed by atoms with E-state index in [1.807, 2.05) is 6.07 Å². The van der Waals surface area contributed by atoms with Crippen LogP contribution in [0, 0.1) is 11.3 Å². The molecule has 0 fully saturated rings. The van der Waals surface area contributed by atoms with E-state index in [2.05, 4.69) is 42.6 Å². The van der Waals surface area contributed by atoms with E-state index >= 15 is 0 Å². The fourth-order valence-electron chi connectivity index (χ4n) is 4.05. The number of halogens is 1. The first kappa shape index (κ1) is 24.3. The predicted octanol–water partition coefficient (Wildman–Crippen LogP) is 7.54. The number of unbranched alkanes of at least 4 members (excludes halogenated alkanes) is 2. The molecular weight excluding hydrogens is 461 g/mol. The molecule has 28 heavy (non-hydrogen) atoms. The summed E-state index contributed by atoms with van der Waals surface area (Å²) in [7, 11) is 0. The molecule has 0 aliphatic heterocycles. The molecule has 1 unspecified atom stereocenters. The number of aliphatic hydroxyl groups is 1. The fourth-order valence-corrected chi connectivity index (χ4v) is 5.09. The topological polar surface area (TPSA) is 20.2 Å². The molecule has 1 radical (unpaired) electrons. The second-order valence-electron chi connectivity index (χ2n) is 7.60. The molecule has 4 heteroatoms. The molecule has 0 saturated carbocycles. The standard InChI is InChI=1S/C24H30ClOS.Y/c1-2-3-4-10-23(26)18-11-13-20(14-12-18)24-19(15-16-22(24)25)7-5-8-21-9-6-17-27-21;/h6,9,11-14,19,23,26H,2-5,7-8,10,15-16H2,1H3;/q-1;/t19-,23?;/m0./s1. The van der Waals surface area contributed by atoms with Gasteiger partial charge in [0.25, 0.3) is 0 Å². The van der Waals surface area contributed by atoms with Gasteiger partial charge < -0.3 is 16.4 Å². The Kier molecular flexibility index (Phi) is 11.0. The van der Waals surface area contributed by atoms with Crippen molar-refractivity contribution in [2.45, 2.75) is 70.8 Å². The van der Waals surface area contributed by atoms with Gasteiger partial charge in [-0.1, -0.05) is 74.9 Å². The summed E-state index contributed by atoms with van der Waals surface area (Å²) < 4.78 is 0. The first-order valence-electron chi connectivity index (χ1n) is 10.3. The maximum absolute atomic E-state index is 10.4. The van der Waals surface area contributed by atoms with Crippen LogP contribution in [-0.4, -0.2) is 5.11 Å². The first-order chi connectivity index (χ1) is 13.2. The van der Waals surface area contributed by atoms with E-state index in [0.717, 1.165) is 42.7 Å². The van der Waals surface area contributed by atoms with Crippen LogP contribution in [-0.2, 0) is 39.1 Å². The number of aryl methyl sites for hydroxylation is 1. The molecular formula is C24H30ClOSY-. The van der Waals surface area contributed by atoms with Crippen LogP contribution >= 0.6 is 22.9 Å². The summed E-state index contributed by atoms with van der Waals surface area (Å²) in [5, 5.41) is 14.6. The molecule has 3 rings (SSSR count). The number of hydrogen-bond acceptors (Lipinski definition) is 2. The molecule has 1 heterocycles. The molecule has 1 aromatic carbocycles. The maximum atomic E-state index is 10.4. The molecule has 0 amide bonds. The van der Waals surface area contributed by atoms with Crippen molar-refractivity contribution < 1.29 is 37.8 Å². The zero-order valence-electron chi connectivity index (χ0n) is 16.8. The van der Waals surface area contributed by atoms with Crippen LogP contribution < -0.4 is 0 Å². The molecule has 0 saturated heterocycles. The van der Waals surface area contributed by atoms with Gasteiger partial charge >= 0.3 is 0 Å². The Morgan fingerprint density at radius 2 is 1.96 bits per heavy atom. The second kappa shape index (κ2) is 12.7. The van der Waals surface area contributed by atoms with E-state index in [1.54, 1.807) is 11.3 Å². The third-order valence-electron chi connectivity index (χ3n) is 5.60. The fraction of sp³-hybridized carbons (Fsp3) is 0.500. The predicted molar refractivity (Wildman–Crippen MR) is 117 cm³/mol. The van der Waals surface area contributed by atoms with Gasteiger partial charge in [-0.2, -0.15) is 6.07 Å². The van der Waals surface area contributed by atoms with E-state index in [4.69, 9.17) is 11.6 Å². The summed E-state index contributed by atoms with van der Waals surface area (Å²) in [6, 6.07) is 12.7. The number of rotatable bonds is 10. The SMILES string of the molecule is CCCCCC(O)c1ccc(C2=C(Cl)CC[C@@H]2CCCc2cc[c-]s2)cc1.[Y]. The molecule has 1 aliphatic carbocycles. The largest absolute Gasteiger partial charge is 0.388 e. The van der Waals surface area contributed by atoms with Crippen LogP contribution in [0.25, 0.3) is 5.57 Å². The molecule has 2 atom stereocenters. The molecule has 1 nitrogen and oxygen atoms in total. The third kappa shape index (κ3) is 6.78. The average Bonchev–Trinajstić information content (AvgIpc) is 3.32. The Morgan fingerprint density at radius 1 is 1.18 bits per heavy atom. The van der Waals surface area contributed by atoms with E-state index in [1.165, 1.54) is 41.7 Å². The molecule has 1 N–H and O–H groups in total. The van der Waals surface area contributed by atoms with Crippen molar-refractivity contribution in [3.63, 3.8) is 0 Å². The van der Waals surface area contributed by atoms with Crippen LogP contribution in [0.5, 0.6) is 0 Å². The Labute approximate surface area is 204 Å². The van der Waals surface area contributed by atoms with Gasteiger partial charge in [-0.05, 0) is 48.3 Å². The molecule has 0 bridgehead atoms.